The summed E-state index contributed by atoms with van der Waals surface area (Å²) in [5.74, 6) is 0.291. The summed E-state index contributed by atoms with van der Waals surface area (Å²) < 4.78 is 10.8. The largest absolute Gasteiger partial charge is 0.506 e. The van der Waals surface area contributed by atoms with E-state index in [0.717, 1.165) is 0 Å². The van der Waals surface area contributed by atoms with Gasteiger partial charge < -0.3 is 19.7 Å². The number of para-hydroxylation sites is 1. The number of carbonyl (C=O) groups is 1. The van der Waals surface area contributed by atoms with E-state index in [1.54, 1.807) is 30.3 Å². The zero-order valence-electron chi connectivity index (χ0n) is 14.8. The van der Waals surface area contributed by atoms with E-state index in [9.17, 15) is 15.0 Å². The minimum Gasteiger partial charge on any atom is -0.506 e. The fourth-order valence-corrected chi connectivity index (χ4v) is 2.73. The summed E-state index contributed by atoms with van der Waals surface area (Å²) in [7, 11) is 1.45. The van der Waals surface area contributed by atoms with Gasteiger partial charge in [0.25, 0.3) is 0 Å². The number of hydrogen-bond acceptors (Lipinski definition) is 5. The third kappa shape index (κ3) is 3.28. The van der Waals surface area contributed by atoms with Crippen molar-refractivity contribution in [3.05, 3.63) is 59.2 Å². The van der Waals surface area contributed by atoms with Crippen LogP contribution in [0.4, 0.5) is 0 Å². The highest BCUT2D eigenvalue weighted by atomic mass is 16.5. The van der Waals surface area contributed by atoms with Gasteiger partial charge in [0.05, 0.1) is 18.2 Å². The van der Waals surface area contributed by atoms with Gasteiger partial charge in [-0.25, -0.2) is 0 Å². The Bertz CT molecular complexity index is 922. The predicted molar refractivity (Wildman–Crippen MR) is 99.9 cm³/mol. The highest BCUT2D eigenvalue weighted by Gasteiger charge is 2.25. The van der Waals surface area contributed by atoms with Gasteiger partial charge in [0.15, 0.2) is 17.3 Å². The van der Waals surface area contributed by atoms with Gasteiger partial charge in [-0.2, -0.15) is 0 Å². The van der Waals surface area contributed by atoms with Crippen LogP contribution in [0, 0.1) is 0 Å². The van der Waals surface area contributed by atoms with E-state index in [4.69, 9.17) is 9.47 Å². The van der Waals surface area contributed by atoms with Crippen LogP contribution in [0.3, 0.4) is 0 Å². The van der Waals surface area contributed by atoms with Crippen molar-refractivity contribution < 1.29 is 24.5 Å². The normalized spacial score (nSPS) is 14.7. The molecule has 0 spiro atoms. The molecule has 0 fully saturated rings. The molecule has 0 radical (unpaired) electrons. The number of allylic oxidation sites excluding steroid dienone is 1. The van der Waals surface area contributed by atoms with Gasteiger partial charge in [-0.1, -0.05) is 12.1 Å². The Morgan fingerprint density at radius 2 is 1.92 bits per heavy atom. The van der Waals surface area contributed by atoms with E-state index in [0.29, 0.717) is 22.6 Å². The molecule has 0 saturated carbocycles. The Kier molecular flexibility index (Phi) is 4.47. The van der Waals surface area contributed by atoms with Crippen LogP contribution in [-0.2, 0) is 0 Å². The summed E-state index contributed by atoms with van der Waals surface area (Å²) in [5, 5.41) is 20.5. The van der Waals surface area contributed by atoms with Gasteiger partial charge in [0.2, 0.25) is 0 Å². The molecule has 1 heterocycles. The number of phenols is 2. The minimum absolute atomic E-state index is 0.0488. The molecule has 26 heavy (non-hydrogen) atoms. The molecular weight excluding hydrogens is 332 g/mol. The number of rotatable bonds is 4. The molecule has 0 bridgehead atoms. The van der Waals surface area contributed by atoms with E-state index in [1.165, 1.54) is 25.3 Å². The molecule has 0 saturated heterocycles. The number of ether oxygens (including phenoxy) is 2. The lowest BCUT2D eigenvalue weighted by atomic mass is 9.98. The summed E-state index contributed by atoms with van der Waals surface area (Å²) >= 11 is 0. The lowest BCUT2D eigenvalue weighted by Gasteiger charge is -2.28. The predicted octanol–water partition coefficient (Wildman–Crippen LogP) is 4.19. The second kappa shape index (κ2) is 6.59. The van der Waals surface area contributed by atoms with Crippen molar-refractivity contribution in [1.82, 2.24) is 0 Å². The van der Waals surface area contributed by atoms with Crippen molar-refractivity contribution in [3.63, 3.8) is 0 Å². The number of ketones is 1. The third-order valence-electron chi connectivity index (χ3n) is 4.13. The van der Waals surface area contributed by atoms with Crippen molar-refractivity contribution >= 4 is 17.9 Å². The SMILES string of the molecule is COc1cccc(/C=C/C(=O)c2ccc3c(c2O)C=CC(C)(C)O3)c1O. The zero-order valence-corrected chi connectivity index (χ0v) is 14.8. The van der Waals surface area contributed by atoms with Crippen LogP contribution in [0.1, 0.15) is 35.3 Å². The van der Waals surface area contributed by atoms with Gasteiger partial charge in [0.1, 0.15) is 17.1 Å². The quantitative estimate of drug-likeness (QED) is 0.637. The number of carbonyl (C=O) groups excluding carboxylic acids is 1. The number of fused-ring (bicyclic) bond motifs is 1. The molecule has 1 aliphatic rings. The van der Waals surface area contributed by atoms with Gasteiger partial charge in [-0.15, -0.1) is 0 Å². The fraction of sp³-hybridized carbons (Fsp3) is 0.190. The summed E-state index contributed by atoms with van der Waals surface area (Å²) in [5.41, 5.74) is 0.623. The molecule has 1 aliphatic heterocycles. The maximum Gasteiger partial charge on any atom is 0.189 e. The Morgan fingerprint density at radius 3 is 2.65 bits per heavy atom. The first kappa shape index (κ1) is 17.6. The van der Waals surface area contributed by atoms with Crippen molar-refractivity contribution in [3.8, 4) is 23.0 Å². The highest BCUT2D eigenvalue weighted by molar-refractivity contribution is 6.09. The van der Waals surface area contributed by atoms with E-state index in [1.807, 2.05) is 19.9 Å². The smallest absolute Gasteiger partial charge is 0.189 e. The molecule has 5 nitrogen and oxygen atoms in total. The molecule has 0 aromatic heterocycles. The number of aromatic hydroxyl groups is 2. The van der Waals surface area contributed by atoms with Crippen LogP contribution in [0.15, 0.2) is 42.5 Å². The topological polar surface area (TPSA) is 76.0 Å². The Morgan fingerprint density at radius 1 is 1.15 bits per heavy atom. The Hall–Kier alpha value is -3.21. The number of benzene rings is 2. The Labute approximate surface area is 151 Å². The van der Waals surface area contributed by atoms with Crippen LogP contribution in [0.2, 0.25) is 0 Å². The van der Waals surface area contributed by atoms with Crippen molar-refractivity contribution in [2.24, 2.45) is 0 Å². The van der Waals surface area contributed by atoms with Gasteiger partial charge >= 0.3 is 0 Å². The lowest BCUT2D eigenvalue weighted by Crippen LogP contribution is -2.27. The summed E-state index contributed by atoms with van der Waals surface area (Å²) in [6.07, 6.45) is 6.36. The third-order valence-corrected chi connectivity index (χ3v) is 4.13. The first-order valence-corrected chi connectivity index (χ1v) is 8.15. The number of phenolic OH excluding ortho intramolecular Hbond substituents is 2. The highest BCUT2D eigenvalue weighted by Crippen LogP contribution is 2.38. The molecule has 2 aromatic carbocycles. The zero-order chi connectivity index (χ0) is 18.9. The summed E-state index contributed by atoms with van der Waals surface area (Å²) in [6, 6.07) is 8.19. The first-order chi connectivity index (χ1) is 12.3. The van der Waals surface area contributed by atoms with Crippen molar-refractivity contribution in [2.75, 3.05) is 7.11 Å². The molecular formula is C21H20O5. The van der Waals surface area contributed by atoms with Crippen molar-refractivity contribution in [1.29, 1.82) is 0 Å². The van der Waals surface area contributed by atoms with E-state index < -0.39 is 5.60 Å². The molecule has 134 valence electrons. The minimum atomic E-state index is -0.464. The number of methoxy groups -OCH3 is 1. The lowest BCUT2D eigenvalue weighted by molar-refractivity contribution is 0.104. The monoisotopic (exact) mass is 352 g/mol. The average molecular weight is 352 g/mol. The molecule has 0 atom stereocenters. The molecule has 3 rings (SSSR count). The number of hydrogen-bond donors (Lipinski definition) is 2. The molecule has 0 aliphatic carbocycles. The van der Waals surface area contributed by atoms with Crippen molar-refractivity contribution in [2.45, 2.75) is 19.4 Å². The molecule has 5 heteroatoms. The molecule has 0 amide bonds. The van der Waals surface area contributed by atoms with Crippen LogP contribution in [0.5, 0.6) is 23.0 Å². The standard InChI is InChI=1S/C21H20O5/c1-21(2)12-11-15-17(26-21)10-8-14(20(15)24)16(22)9-7-13-5-4-6-18(25-3)19(13)23/h4-12,23-24H,1-3H3/b9-7+. The molecule has 2 N–H and O–H groups in total. The van der Waals surface area contributed by atoms with Crippen LogP contribution < -0.4 is 9.47 Å². The summed E-state index contributed by atoms with van der Waals surface area (Å²) in [4.78, 5) is 12.5. The average Bonchev–Trinajstić information content (AvgIpc) is 2.60. The van der Waals surface area contributed by atoms with Crippen LogP contribution in [-0.4, -0.2) is 28.7 Å². The van der Waals surface area contributed by atoms with Gasteiger partial charge in [-0.05, 0) is 56.4 Å². The first-order valence-electron chi connectivity index (χ1n) is 8.15. The molecule has 0 unspecified atom stereocenters. The van der Waals surface area contributed by atoms with E-state index >= 15 is 0 Å². The van der Waals surface area contributed by atoms with E-state index in [-0.39, 0.29) is 22.8 Å². The van der Waals surface area contributed by atoms with Gasteiger partial charge in [-0.3, -0.25) is 4.79 Å². The summed E-state index contributed by atoms with van der Waals surface area (Å²) in [6.45, 7) is 3.82. The maximum absolute atomic E-state index is 12.5. The van der Waals surface area contributed by atoms with Crippen LogP contribution in [0.25, 0.3) is 12.2 Å². The molecule has 2 aromatic rings. The fourth-order valence-electron chi connectivity index (χ4n) is 2.73. The Balaban J connectivity index is 1.90. The maximum atomic E-state index is 12.5. The second-order valence-electron chi connectivity index (χ2n) is 6.51. The second-order valence-corrected chi connectivity index (χ2v) is 6.51. The van der Waals surface area contributed by atoms with Gasteiger partial charge in [0, 0.05) is 5.56 Å². The van der Waals surface area contributed by atoms with E-state index in [2.05, 4.69) is 0 Å². The van der Waals surface area contributed by atoms with Crippen LogP contribution >= 0.6 is 0 Å².